The van der Waals surface area contributed by atoms with Crippen molar-refractivity contribution in [1.29, 1.82) is 0 Å². The zero-order chi connectivity index (χ0) is 15.7. The molecular formula is C21H23NO. The predicted molar refractivity (Wildman–Crippen MR) is 95.6 cm³/mol. The van der Waals surface area contributed by atoms with Gasteiger partial charge in [0, 0.05) is 12.0 Å². The van der Waals surface area contributed by atoms with Gasteiger partial charge >= 0.3 is 0 Å². The normalized spacial score (nSPS) is 21.0. The molecule has 2 aromatic rings. The highest BCUT2D eigenvalue weighted by molar-refractivity contribution is 5.85. The molecule has 0 aliphatic carbocycles. The van der Waals surface area contributed by atoms with Gasteiger partial charge in [-0.15, -0.1) is 0 Å². The van der Waals surface area contributed by atoms with Gasteiger partial charge in [0.2, 0.25) is 0 Å². The third-order valence-corrected chi connectivity index (χ3v) is 5.01. The third-order valence-electron chi connectivity index (χ3n) is 5.01. The first-order valence-corrected chi connectivity index (χ1v) is 8.51. The first kappa shape index (κ1) is 14.5. The summed E-state index contributed by atoms with van der Waals surface area (Å²) in [5.41, 5.74) is 5.19. The van der Waals surface area contributed by atoms with E-state index in [-0.39, 0.29) is 5.60 Å². The molecule has 0 saturated carbocycles. The van der Waals surface area contributed by atoms with E-state index in [0.29, 0.717) is 0 Å². The van der Waals surface area contributed by atoms with E-state index >= 15 is 0 Å². The second kappa shape index (κ2) is 5.86. The molecule has 23 heavy (non-hydrogen) atoms. The van der Waals surface area contributed by atoms with Crippen LogP contribution in [-0.2, 0) is 0 Å². The molecule has 1 N–H and O–H groups in total. The summed E-state index contributed by atoms with van der Waals surface area (Å²) in [5.74, 6) is 1.04. The van der Waals surface area contributed by atoms with E-state index in [4.69, 9.17) is 4.74 Å². The number of aryl methyl sites for hydroxylation is 1. The maximum atomic E-state index is 6.47. The maximum Gasteiger partial charge on any atom is 0.127 e. The summed E-state index contributed by atoms with van der Waals surface area (Å²) in [6, 6.07) is 17.2. The fourth-order valence-corrected chi connectivity index (χ4v) is 3.69. The molecule has 2 nitrogen and oxygen atoms in total. The number of benzene rings is 2. The molecule has 0 amide bonds. The van der Waals surface area contributed by atoms with Crippen LogP contribution < -0.4 is 10.1 Å². The lowest BCUT2D eigenvalue weighted by Crippen LogP contribution is -2.47. The van der Waals surface area contributed by atoms with Gasteiger partial charge in [-0.3, -0.25) is 0 Å². The number of ether oxygens (including phenoxy) is 1. The lowest BCUT2D eigenvalue weighted by atomic mass is 9.80. The zero-order valence-electron chi connectivity index (χ0n) is 13.6. The standard InChI is InChI=1S/C21H23NO/c1-16-6-8-17(9-7-16)14-18-15-21(10-12-22-13-11-21)23-20-5-3-2-4-19(18)20/h2-9,14,22H,10-13,15H2,1H3/b18-14+. The number of piperidine rings is 1. The van der Waals surface area contributed by atoms with Gasteiger partial charge in [0.25, 0.3) is 0 Å². The van der Waals surface area contributed by atoms with E-state index in [1.165, 1.54) is 22.3 Å². The van der Waals surface area contributed by atoms with E-state index in [0.717, 1.165) is 38.1 Å². The Labute approximate surface area is 138 Å². The van der Waals surface area contributed by atoms with E-state index in [2.05, 4.69) is 66.8 Å². The Morgan fingerprint density at radius 2 is 1.74 bits per heavy atom. The summed E-state index contributed by atoms with van der Waals surface area (Å²) in [5, 5.41) is 3.45. The number of fused-ring (bicyclic) bond motifs is 1. The van der Waals surface area contributed by atoms with Crippen LogP contribution in [0.3, 0.4) is 0 Å². The van der Waals surface area contributed by atoms with Crippen LogP contribution in [0, 0.1) is 6.92 Å². The molecule has 2 heterocycles. The van der Waals surface area contributed by atoms with Crippen LogP contribution in [0.4, 0.5) is 0 Å². The van der Waals surface area contributed by atoms with E-state index in [1.807, 2.05) is 0 Å². The highest BCUT2D eigenvalue weighted by Gasteiger charge is 2.39. The quantitative estimate of drug-likeness (QED) is 0.841. The molecule has 0 radical (unpaired) electrons. The van der Waals surface area contributed by atoms with Crippen LogP contribution in [0.1, 0.15) is 36.0 Å². The molecule has 2 aliphatic heterocycles. The minimum absolute atomic E-state index is 0.0316. The molecule has 0 bridgehead atoms. The molecule has 1 spiro atoms. The number of rotatable bonds is 1. The topological polar surface area (TPSA) is 21.3 Å². The summed E-state index contributed by atoms with van der Waals surface area (Å²) in [6.07, 6.45) is 5.49. The van der Waals surface area contributed by atoms with Crippen molar-refractivity contribution >= 4 is 11.6 Å². The van der Waals surface area contributed by atoms with Gasteiger partial charge in [0.15, 0.2) is 0 Å². The van der Waals surface area contributed by atoms with Crippen molar-refractivity contribution in [2.45, 2.75) is 31.8 Å². The number of nitrogens with one attached hydrogen (secondary N) is 1. The van der Waals surface area contributed by atoms with Crippen molar-refractivity contribution < 1.29 is 4.74 Å². The van der Waals surface area contributed by atoms with Crippen molar-refractivity contribution in [3.8, 4) is 5.75 Å². The van der Waals surface area contributed by atoms with E-state index in [1.54, 1.807) is 0 Å². The van der Waals surface area contributed by atoms with Crippen molar-refractivity contribution in [3.63, 3.8) is 0 Å². The van der Waals surface area contributed by atoms with E-state index in [9.17, 15) is 0 Å². The Kier molecular flexibility index (Phi) is 3.70. The van der Waals surface area contributed by atoms with Crippen molar-refractivity contribution in [2.75, 3.05) is 13.1 Å². The van der Waals surface area contributed by atoms with Gasteiger partial charge < -0.3 is 10.1 Å². The third kappa shape index (κ3) is 2.91. The van der Waals surface area contributed by atoms with Crippen LogP contribution in [0.25, 0.3) is 11.6 Å². The molecule has 2 heteroatoms. The summed E-state index contributed by atoms with van der Waals surface area (Å²) < 4.78 is 6.47. The predicted octanol–water partition coefficient (Wildman–Crippen LogP) is 4.44. The average Bonchev–Trinajstić information content (AvgIpc) is 2.57. The monoisotopic (exact) mass is 305 g/mol. The fraction of sp³-hybridized carbons (Fsp3) is 0.333. The second-order valence-electron chi connectivity index (χ2n) is 6.79. The molecule has 2 aromatic carbocycles. The molecular weight excluding hydrogens is 282 g/mol. The van der Waals surface area contributed by atoms with Gasteiger partial charge in [-0.1, -0.05) is 54.1 Å². The van der Waals surface area contributed by atoms with Gasteiger partial charge in [-0.25, -0.2) is 0 Å². The number of hydrogen-bond donors (Lipinski definition) is 1. The van der Waals surface area contributed by atoms with Crippen LogP contribution in [0.2, 0.25) is 0 Å². The van der Waals surface area contributed by atoms with Gasteiger partial charge in [-0.2, -0.15) is 0 Å². The molecule has 2 aliphatic rings. The summed E-state index contributed by atoms with van der Waals surface area (Å²) in [7, 11) is 0. The number of hydrogen-bond acceptors (Lipinski definition) is 2. The summed E-state index contributed by atoms with van der Waals surface area (Å²) in [6.45, 7) is 4.21. The number of para-hydroxylation sites is 1. The molecule has 0 aromatic heterocycles. The van der Waals surface area contributed by atoms with Crippen molar-refractivity contribution in [2.24, 2.45) is 0 Å². The van der Waals surface area contributed by atoms with Crippen LogP contribution >= 0.6 is 0 Å². The lowest BCUT2D eigenvalue weighted by molar-refractivity contribution is 0.0359. The van der Waals surface area contributed by atoms with Crippen molar-refractivity contribution in [1.82, 2.24) is 5.32 Å². The van der Waals surface area contributed by atoms with Crippen LogP contribution in [0.5, 0.6) is 5.75 Å². The maximum absolute atomic E-state index is 6.47. The summed E-state index contributed by atoms with van der Waals surface area (Å²) in [4.78, 5) is 0. The highest BCUT2D eigenvalue weighted by atomic mass is 16.5. The lowest BCUT2D eigenvalue weighted by Gasteiger charge is -2.42. The van der Waals surface area contributed by atoms with Crippen molar-refractivity contribution in [3.05, 3.63) is 65.2 Å². The Morgan fingerprint density at radius 3 is 2.52 bits per heavy atom. The van der Waals surface area contributed by atoms with E-state index < -0.39 is 0 Å². The van der Waals surface area contributed by atoms with Gasteiger partial charge in [0.1, 0.15) is 11.4 Å². The molecule has 0 atom stereocenters. The Morgan fingerprint density at radius 1 is 1.00 bits per heavy atom. The van der Waals surface area contributed by atoms with Crippen LogP contribution in [-0.4, -0.2) is 18.7 Å². The fourth-order valence-electron chi connectivity index (χ4n) is 3.69. The molecule has 1 saturated heterocycles. The Balaban J connectivity index is 1.76. The first-order valence-electron chi connectivity index (χ1n) is 8.51. The first-order chi connectivity index (χ1) is 11.2. The summed E-state index contributed by atoms with van der Waals surface area (Å²) >= 11 is 0. The smallest absolute Gasteiger partial charge is 0.127 e. The largest absolute Gasteiger partial charge is 0.486 e. The second-order valence-corrected chi connectivity index (χ2v) is 6.79. The minimum atomic E-state index is -0.0316. The van der Waals surface area contributed by atoms with Gasteiger partial charge in [0.05, 0.1) is 0 Å². The molecule has 118 valence electrons. The Hall–Kier alpha value is -2.06. The SMILES string of the molecule is Cc1ccc(/C=C2\CC3(CCNCC3)Oc3ccccc32)cc1. The van der Waals surface area contributed by atoms with Crippen LogP contribution in [0.15, 0.2) is 48.5 Å². The highest BCUT2D eigenvalue weighted by Crippen LogP contribution is 2.44. The molecule has 4 rings (SSSR count). The minimum Gasteiger partial charge on any atom is -0.486 e. The average molecular weight is 305 g/mol. The molecule has 1 fully saturated rings. The van der Waals surface area contributed by atoms with Gasteiger partial charge in [-0.05, 0) is 50.1 Å². The zero-order valence-corrected chi connectivity index (χ0v) is 13.6. The Bertz CT molecular complexity index is 724. The molecule has 0 unspecified atom stereocenters.